The van der Waals surface area contributed by atoms with Gasteiger partial charge in [0.05, 0.1) is 0 Å². The molecule has 10 heteroatoms. The Morgan fingerprint density at radius 1 is 1.25 bits per heavy atom. The molecule has 0 aromatic heterocycles. The number of hydrogen-bond donors (Lipinski definition) is 1. The van der Waals surface area contributed by atoms with Crippen LogP contribution in [0.25, 0.3) is 0 Å². The second kappa shape index (κ2) is 4.63. The first-order chi connectivity index (χ1) is 8.97. The molecule has 20 heavy (non-hydrogen) atoms. The molecule has 0 radical (unpaired) electrons. The lowest BCUT2D eigenvalue weighted by Gasteiger charge is -2.28. The van der Waals surface area contributed by atoms with Gasteiger partial charge in [-0.05, 0) is 25.2 Å². The molecule has 0 heterocycles. The van der Waals surface area contributed by atoms with E-state index in [1.54, 1.807) is 0 Å². The van der Waals surface area contributed by atoms with E-state index in [0.717, 1.165) is 0 Å². The number of rotatable bonds is 4. The van der Waals surface area contributed by atoms with Gasteiger partial charge in [0.15, 0.2) is 5.78 Å². The molecule has 0 saturated heterocycles. The molecule has 2 bridgehead atoms. The standard InChI is InChI=1S/C10H12F4O5S/c11-9(10(12,13)14,20(16,17)18)4-19-8-6-2-1-5(3-6)7(8)15/h5-6,8H,1-4H2,(H,16,17,18). The lowest BCUT2D eigenvalue weighted by molar-refractivity contribution is -0.218. The van der Waals surface area contributed by atoms with Crippen molar-refractivity contribution in [1.82, 2.24) is 0 Å². The van der Waals surface area contributed by atoms with Crippen LogP contribution < -0.4 is 0 Å². The van der Waals surface area contributed by atoms with Gasteiger partial charge in [0.2, 0.25) is 0 Å². The Hall–Kier alpha value is -0.740. The molecule has 2 saturated carbocycles. The third-order valence-corrected chi connectivity index (χ3v) is 5.03. The fraction of sp³-hybridized carbons (Fsp3) is 0.900. The van der Waals surface area contributed by atoms with E-state index >= 15 is 0 Å². The van der Waals surface area contributed by atoms with Crippen LogP contribution in [0.1, 0.15) is 19.3 Å². The Morgan fingerprint density at radius 3 is 2.25 bits per heavy atom. The Kier molecular flexibility index (Phi) is 3.63. The van der Waals surface area contributed by atoms with Gasteiger partial charge in [-0.3, -0.25) is 9.35 Å². The number of fused-ring (bicyclic) bond motifs is 2. The lowest BCUT2D eigenvalue weighted by Crippen LogP contribution is -2.52. The van der Waals surface area contributed by atoms with Crippen molar-refractivity contribution in [2.24, 2.45) is 11.8 Å². The van der Waals surface area contributed by atoms with E-state index < -0.39 is 39.8 Å². The van der Waals surface area contributed by atoms with Crippen LogP contribution in [-0.4, -0.2) is 42.6 Å². The van der Waals surface area contributed by atoms with Gasteiger partial charge in [-0.2, -0.15) is 21.6 Å². The molecular weight excluding hydrogens is 308 g/mol. The summed E-state index contributed by atoms with van der Waals surface area (Å²) in [4.78, 5) is 11.6. The van der Waals surface area contributed by atoms with Crippen LogP contribution in [0.4, 0.5) is 17.6 Å². The smallest absolute Gasteiger partial charge is 0.365 e. The second-order valence-electron chi connectivity index (χ2n) is 5.11. The highest BCUT2D eigenvalue weighted by Crippen LogP contribution is 2.45. The second-order valence-corrected chi connectivity index (χ2v) is 6.70. The average Bonchev–Trinajstić information content (AvgIpc) is 2.84. The quantitative estimate of drug-likeness (QED) is 0.627. The van der Waals surface area contributed by atoms with Crippen LogP contribution >= 0.6 is 0 Å². The van der Waals surface area contributed by atoms with Crippen molar-refractivity contribution in [2.45, 2.75) is 36.5 Å². The number of Topliss-reactive ketones (excluding diaryl/α,β-unsaturated/α-hetero) is 1. The van der Waals surface area contributed by atoms with E-state index in [1.807, 2.05) is 0 Å². The topological polar surface area (TPSA) is 80.7 Å². The summed E-state index contributed by atoms with van der Waals surface area (Å²) in [7, 11) is -6.07. The maximum atomic E-state index is 13.6. The van der Waals surface area contributed by atoms with Crippen molar-refractivity contribution in [2.75, 3.05) is 6.61 Å². The Bertz CT molecular complexity index is 516. The van der Waals surface area contributed by atoms with Crippen molar-refractivity contribution in [3.8, 4) is 0 Å². The third kappa shape index (κ3) is 2.33. The normalized spacial score (nSPS) is 33.5. The SMILES string of the molecule is O=C1C2CCC(C2)C1OCC(F)(C(F)(F)F)S(=O)(=O)O. The summed E-state index contributed by atoms with van der Waals surface area (Å²) in [5, 5.41) is -4.93. The van der Waals surface area contributed by atoms with Gasteiger partial charge in [0.25, 0.3) is 0 Å². The van der Waals surface area contributed by atoms with E-state index in [4.69, 9.17) is 4.55 Å². The zero-order chi connectivity index (χ0) is 15.3. The van der Waals surface area contributed by atoms with Crippen LogP contribution in [0.2, 0.25) is 0 Å². The fourth-order valence-corrected chi connectivity index (χ4v) is 3.24. The summed E-state index contributed by atoms with van der Waals surface area (Å²) in [5.41, 5.74) is 0. The summed E-state index contributed by atoms with van der Waals surface area (Å²) in [6, 6.07) is 0. The maximum Gasteiger partial charge on any atom is 0.442 e. The zero-order valence-electron chi connectivity index (χ0n) is 10.1. The molecule has 2 rings (SSSR count). The molecule has 0 amide bonds. The predicted octanol–water partition coefficient (Wildman–Crippen LogP) is 1.49. The minimum atomic E-state index is -6.07. The highest BCUT2D eigenvalue weighted by atomic mass is 32.2. The molecule has 0 aromatic rings. The van der Waals surface area contributed by atoms with E-state index in [0.29, 0.717) is 19.3 Å². The first-order valence-electron chi connectivity index (χ1n) is 5.85. The van der Waals surface area contributed by atoms with Crippen molar-refractivity contribution < 1.29 is 40.1 Å². The van der Waals surface area contributed by atoms with Crippen molar-refractivity contribution in [3.05, 3.63) is 0 Å². The van der Waals surface area contributed by atoms with E-state index in [-0.39, 0.29) is 11.8 Å². The molecule has 5 nitrogen and oxygen atoms in total. The van der Waals surface area contributed by atoms with Crippen molar-refractivity contribution in [3.63, 3.8) is 0 Å². The summed E-state index contributed by atoms with van der Waals surface area (Å²) >= 11 is 0. The van der Waals surface area contributed by atoms with E-state index in [1.165, 1.54) is 0 Å². The van der Waals surface area contributed by atoms with Crippen LogP contribution in [-0.2, 0) is 19.6 Å². The molecule has 2 aliphatic carbocycles. The van der Waals surface area contributed by atoms with Crippen LogP contribution in [0.3, 0.4) is 0 Å². The molecular formula is C10H12F4O5S. The Balaban J connectivity index is 2.13. The molecule has 2 fully saturated rings. The number of carbonyl (C=O) groups is 1. The first kappa shape index (κ1) is 15.6. The molecule has 4 atom stereocenters. The van der Waals surface area contributed by atoms with Gasteiger partial charge in [0, 0.05) is 5.92 Å². The first-order valence-corrected chi connectivity index (χ1v) is 7.29. The van der Waals surface area contributed by atoms with Crippen LogP contribution in [0.15, 0.2) is 0 Å². The van der Waals surface area contributed by atoms with E-state index in [2.05, 4.69) is 4.74 Å². The minimum Gasteiger partial charge on any atom is -0.365 e. The maximum absolute atomic E-state index is 13.6. The van der Waals surface area contributed by atoms with Gasteiger partial charge in [-0.1, -0.05) is 0 Å². The molecule has 116 valence electrons. The minimum absolute atomic E-state index is 0.310. The predicted molar refractivity (Wildman–Crippen MR) is 57.0 cm³/mol. The number of ketones is 1. The van der Waals surface area contributed by atoms with Crippen molar-refractivity contribution >= 4 is 15.9 Å². The number of carbonyl (C=O) groups excluding carboxylic acids is 1. The molecule has 4 unspecified atom stereocenters. The van der Waals surface area contributed by atoms with Gasteiger partial charge < -0.3 is 4.74 Å². The third-order valence-electron chi connectivity index (χ3n) is 3.86. The summed E-state index contributed by atoms with van der Waals surface area (Å²) < 4.78 is 85.4. The molecule has 0 aliphatic heterocycles. The van der Waals surface area contributed by atoms with Gasteiger partial charge >= 0.3 is 21.3 Å². The number of ether oxygens (including phenoxy) is 1. The van der Waals surface area contributed by atoms with Gasteiger partial charge in [0.1, 0.15) is 12.7 Å². The fourth-order valence-electron chi connectivity index (χ4n) is 2.73. The summed E-state index contributed by atoms with van der Waals surface area (Å²) in [6.07, 6.45) is -5.45. The molecule has 1 N–H and O–H groups in total. The number of halogens is 4. The van der Waals surface area contributed by atoms with Crippen LogP contribution in [0, 0.1) is 11.8 Å². The van der Waals surface area contributed by atoms with Gasteiger partial charge in [-0.25, -0.2) is 4.39 Å². The van der Waals surface area contributed by atoms with Crippen molar-refractivity contribution in [1.29, 1.82) is 0 Å². The summed E-state index contributed by atoms with van der Waals surface area (Å²) in [5.74, 6) is -1.05. The zero-order valence-corrected chi connectivity index (χ0v) is 10.9. The molecule has 0 aromatic carbocycles. The highest BCUT2D eigenvalue weighted by Gasteiger charge is 2.66. The number of hydrogen-bond acceptors (Lipinski definition) is 4. The Morgan fingerprint density at radius 2 is 1.85 bits per heavy atom. The summed E-state index contributed by atoms with van der Waals surface area (Å²) in [6.45, 7) is -1.95. The lowest BCUT2D eigenvalue weighted by atomic mass is 9.96. The monoisotopic (exact) mass is 320 g/mol. The highest BCUT2D eigenvalue weighted by molar-refractivity contribution is 7.87. The van der Waals surface area contributed by atoms with Gasteiger partial charge in [-0.15, -0.1) is 0 Å². The number of alkyl halides is 4. The average molecular weight is 320 g/mol. The van der Waals surface area contributed by atoms with E-state index in [9.17, 15) is 30.8 Å². The Labute approximate surface area is 112 Å². The molecule has 2 aliphatic rings. The van der Waals surface area contributed by atoms with Crippen LogP contribution in [0.5, 0.6) is 0 Å². The largest absolute Gasteiger partial charge is 0.442 e. The molecule has 0 spiro atoms.